The van der Waals surface area contributed by atoms with Gasteiger partial charge in [-0.15, -0.1) is 0 Å². The average Bonchev–Trinajstić information content (AvgIpc) is 2.83. The van der Waals surface area contributed by atoms with Crippen molar-refractivity contribution in [2.45, 2.75) is 26.2 Å². The summed E-state index contributed by atoms with van der Waals surface area (Å²) in [6.07, 6.45) is 6.54. The summed E-state index contributed by atoms with van der Waals surface area (Å²) < 4.78 is 14.5. The Labute approximate surface area is 191 Å². The maximum atomic E-state index is 14.5. The van der Waals surface area contributed by atoms with Crippen molar-refractivity contribution >= 4 is 34.0 Å². The number of nitrogens with zero attached hydrogens (tertiary/aromatic N) is 4. The Morgan fingerprint density at radius 2 is 1.94 bits per heavy atom. The van der Waals surface area contributed by atoms with E-state index < -0.39 is 0 Å². The molecule has 0 saturated carbocycles. The van der Waals surface area contributed by atoms with Crippen LogP contribution in [0.4, 0.5) is 27.5 Å². The molecule has 8 heteroatoms. The minimum Gasteiger partial charge on any atom is -0.338 e. The molecular formula is C25H26FN7. The lowest BCUT2D eigenvalue weighted by Gasteiger charge is -2.22. The summed E-state index contributed by atoms with van der Waals surface area (Å²) >= 11 is 0. The number of benzene rings is 2. The lowest BCUT2D eigenvalue weighted by molar-refractivity contribution is 0.372. The van der Waals surface area contributed by atoms with Crippen LogP contribution in [-0.4, -0.2) is 33.3 Å². The highest BCUT2D eigenvalue weighted by molar-refractivity contribution is 5.93. The van der Waals surface area contributed by atoms with E-state index in [1.807, 2.05) is 37.3 Å². The van der Waals surface area contributed by atoms with Crippen molar-refractivity contribution in [3.05, 3.63) is 71.8 Å². The van der Waals surface area contributed by atoms with Gasteiger partial charge < -0.3 is 16.0 Å². The first kappa shape index (κ1) is 21.2. The Morgan fingerprint density at radius 3 is 2.82 bits per heavy atom. The fourth-order valence-electron chi connectivity index (χ4n) is 4.28. The molecule has 0 amide bonds. The first-order valence-corrected chi connectivity index (χ1v) is 11.2. The largest absolute Gasteiger partial charge is 0.338 e. The van der Waals surface area contributed by atoms with Crippen molar-refractivity contribution in [2.24, 2.45) is 5.92 Å². The number of hydrogen-bond acceptors (Lipinski definition) is 7. The molecule has 2 aromatic heterocycles. The summed E-state index contributed by atoms with van der Waals surface area (Å²) in [7, 11) is 0. The van der Waals surface area contributed by atoms with Gasteiger partial charge in [-0.3, -0.25) is 0 Å². The van der Waals surface area contributed by atoms with Crippen molar-refractivity contribution in [2.75, 3.05) is 23.7 Å². The first-order valence-electron chi connectivity index (χ1n) is 11.2. The summed E-state index contributed by atoms with van der Waals surface area (Å²) in [5.74, 6) is 1.20. The van der Waals surface area contributed by atoms with E-state index in [0.29, 0.717) is 23.4 Å². The van der Waals surface area contributed by atoms with Crippen LogP contribution in [0.25, 0.3) is 10.9 Å². The van der Waals surface area contributed by atoms with E-state index in [1.165, 1.54) is 6.07 Å². The molecule has 7 nitrogen and oxygen atoms in total. The Hall–Kier alpha value is -3.65. The second-order valence-corrected chi connectivity index (χ2v) is 8.46. The fourth-order valence-corrected chi connectivity index (χ4v) is 4.28. The predicted octanol–water partition coefficient (Wildman–Crippen LogP) is 4.90. The Balaban J connectivity index is 1.35. The molecule has 0 unspecified atom stereocenters. The third-order valence-corrected chi connectivity index (χ3v) is 6.05. The number of piperidine rings is 1. The molecular weight excluding hydrogens is 417 g/mol. The van der Waals surface area contributed by atoms with Crippen molar-refractivity contribution in [3.8, 4) is 0 Å². The highest BCUT2D eigenvalue weighted by Crippen LogP contribution is 2.27. The highest BCUT2D eigenvalue weighted by Gasteiger charge is 2.15. The van der Waals surface area contributed by atoms with Gasteiger partial charge in [0.2, 0.25) is 5.95 Å². The van der Waals surface area contributed by atoms with Crippen LogP contribution in [-0.2, 0) is 6.42 Å². The van der Waals surface area contributed by atoms with E-state index in [2.05, 4.69) is 36.1 Å². The van der Waals surface area contributed by atoms with Crippen LogP contribution < -0.4 is 16.0 Å². The van der Waals surface area contributed by atoms with E-state index in [4.69, 9.17) is 0 Å². The number of rotatable bonds is 6. The topological polar surface area (TPSA) is 87.7 Å². The number of anilines is 4. The van der Waals surface area contributed by atoms with Crippen LogP contribution in [0.15, 0.2) is 54.9 Å². The van der Waals surface area contributed by atoms with Crippen molar-refractivity contribution in [1.29, 1.82) is 0 Å². The molecule has 0 spiro atoms. The van der Waals surface area contributed by atoms with Gasteiger partial charge in [-0.2, -0.15) is 15.2 Å². The van der Waals surface area contributed by atoms with Crippen molar-refractivity contribution < 1.29 is 4.39 Å². The maximum absolute atomic E-state index is 14.5. The number of halogens is 1. The van der Waals surface area contributed by atoms with E-state index >= 15 is 0 Å². The minimum atomic E-state index is -0.328. The molecule has 1 aliphatic rings. The van der Waals surface area contributed by atoms with Crippen LogP contribution in [0.1, 0.15) is 24.0 Å². The van der Waals surface area contributed by atoms with Gasteiger partial charge in [-0.05, 0) is 74.5 Å². The van der Waals surface area contributed by atoms with Crippen LogP contribution in [0.5, 0.6) is 0 Å². The van der Waals surface area contributed by atoms with Gasteiger partial charge in [0.1, 0.15) is 11.6 Å². The van der Waals surface area contributed by atoms with Crippen LogP contribution in [0, 0.1) is 18.7 Å². The zero-order valence-corrected chi connectivity index (χ0v) is 18.5. The molecule has 0 bridgehead atoms. The smallest absolute Gasteiger partial charge is 0.229 e. The molecule has 33 heavy (non-hydrogen) atoms. The third kappa shape index (κ3) is 4.90. The molecule has 168 valence electrons. The van der Waals surface area contributed by atoms with Gasteiger partial charge in [0.15, 0.2) is 0 Å². The molecule has 3 heterocycles. The minimum absolute atomic E-state index is 0.320. The predicted molar refractivity (Wildman–Crippen MR) is 129 cm³/mol. The number of nitrogens with one attached hydrogen (secondary N) is 3. The number of aryl methyl sites for hydroxylation is 1. The number of aromatic nitrogens is 4. The molecule has 2 aromatic carbocycles. The number of fused-ring (bicyclic) bond motifs is 1. The zero-order chi connectivity index (χ0) is 22.6. The summed E-state index contributed by atoms with van der Waals surface area (Å²) in [4.78, 5) is 8.80. The highest BCUT2D eigenvalue weighted by atomic mass is 19.1. The summed E-state index contributed by atoms with van der Waals surface area (Å²) in [5.41, 5.74) is 4.18. The van der Waals surface area contributed by atoms with Crippen LogP contribution >= 0.6 is 0 Å². The molecule has 4 aromatic rings. The van der Waals surface area contributed by atoms with Gasteiger partial charge in [-0.1, -0.05) is 24.3 Å². The lowest BCUT2D eigenvalue weighted by atomic mass is 9.91. The van der Waals surface area contributed by atoms with Gasteiger partial charge in [-0.25, -0.2) is 9.37 Å². The van der Waals surface area contributed by atoms with Crippen molar-refractivity contribution in [1.82, 2.24) is 25.5 Å². The molecule has 3 N–H and O–H groups in total. The molecule has 1 aliphatic heterocycles. The fraction of sp³-hybridized carbons (Fsp3) is 0.280. The molecule has 5 rings (SSSR count). The Morgan fingerprint density at radius 1 is 1.06 bits per heavy atom. The normalized spacial score (nSPS) is 14.4. The second kappa shape index (κ2) is 9.46. The van der Waals surface area contributed by atoms with E-state index in [0.717, 1.165) is 60.1 Å². The second-order valence-electron chi connectivity index (χ2n) is 8.46. The SMILES string of the molecule is Cc1cccc2c(Nc3ccnc(Nc4cc(CC5CCNCC5)ccc4F)n3)cnnc12. The zero-order valence-electron chi connectivity index (χ0n) is 18.5. The quantitative estimate of drug-likeness (QED) is 0.391. The standard InChI is InChI=1S/C25H26FN7/c1-16-3-2-4-19-22(15-29-33-24(16)19)30-23-9-12-28-25(32-23)31-21-14-18(5-6-20(21)26)13-17-7-10-27-11-8-17/h2-6,9,12,14-15,17,27H,7-8,10-11,13H2,1H3,(H2,28,30,31,32,33). The molecule has 0 radical (unpaired) electrons. The Bertz CT molecular complexity index is 1270. The molecule has 0 atom stereocenters. The summed E-state index contributed by atoms with van der Waals surface area (Å²) in [5, 5.41) is 19.0. The van der Waals surface area contributed by atoms with Gasteiger partial charge in [0.05, 0.1) is 23.1 Å². The van der Waals surface area contributed by atoms with Gasteiger partial charge in [0, 0.05) is 11.6 Å². The van der Waals surface area contributed by atoms with Gasteiger partial charge in [0.25, 0.3) is 0 Å². The van der Waals surface area contributed by atoms with Gasteiger partial charge >= 0.3 is 0 Å². The Kier molecular flexibility index (Phi) is 6.08. The number of hydrogen-bond donors (Lipinski definition) is 3. The van der Waals surface area contributed by atoms with E-state index in [9.17, 15) is 4.39 Å². The molecule has 0 aliphatic carbocycles. The lowest BCUT2D eigenvalue weighted by Crippen LogP contribution is -2.28. The summed E-state index contributed by atoms with van der Waals surface area (Å²) in [6.45, 7) is 4.10. The monoisotopic (exact) mass is 443 g/mol. The van der Waals surface area contributed by atoms with E-state index in [-0.39, 0.29) is 5.82 Å². The first-order chi connectivity index (χ1) is 16.2. The molecule has 1 saturated heterocycles. The summed E-state index contributed by atoms with van der Waals surface area (Å²) in [6, 6.07) is 13.0. The average molecular weight is 444 g/mol. The third-order valence-electron chi connectivity index (χ3n) is 6.05. The van der Waals surface area contributed by atoms with Crippen LogP contribution in [0.3, 0.4) is 0 Å². The molecule has 1 fully saturated rings. The van der Waals surface area contributed by atoms with Crippen molar-refractivity contribution in [3.63, 3.8) is 0 Å². The maximum Gasteiger partial charge on any atom is 0.229 e. The van der Waals surface area contributed by atoms with E-state index in [1.54, 1.807) is 18.5 Å². The van der Waals surface area contributed by atoms with Crippen LogP contribution in [0.2, 0.25) is 0 Å².